The van der Waals surface area contributed by atoms with E-state index in [1.807, 2.05) is 6.92 Å². The van der Waals surface area contributed by atoms with Gasteiger partial charge in [-0.05, 0) is 26.7 Å². The summed E-state index contributed by atoms with van der Waals surface area (Å²) in [6, 6.07) is 1.47. The lowest BCUT2D eigenvalue weighted by atomic mass is 10.1. The highest BCUT2D eigenvalue weighted by molar-refractivity contribution is 7.89. The highest BCUT2D eigenvalue weighted by Gasteiger charge is 2.38. The minimum Gasteiger partial charge on any atom is -0.339 e. The minimum atomic E-state index is -3.69. The van der Waals surface area contributed by atoms with E-state index < -0.39 is 10.0 Å². The van der Waals surface area contributed by atoms with Crippen LogP contribution in [0.4, 0.5) is 10.9 Å². The zero-order chi connectivity index (χ0) is 19.9. The molecule has 1 aliphatic rings. The fourth-order valence-corrected chi connectivity index (χ4v) is 5.62. The number of rotatable bonds is 5. The van der Waals surface area contributed by atoms with Crippen molar-refractivity contribution in [3.8, 4) is 0 Å². The first kappa shape index (κ1) is 19.0. The van der Waals surface area contributed by atoms with Crippen molar-refractivity contribution in [3.63, 3.8) is 0 Å². The molecule has 28 heavy (non-hydrogen) atoms. The first-order chi connectivity index (χ1) is 13.3. The van der Waals surface area contributed by atoms with Crippen LogP contribution in [-0.2, 0) is 17.1 Å². The number of thiazole rings is 1. The van der Waals surface area contributed by atoms with Crippen molar-refractivity contribution in [2.24, 2.45) is 7.05 Å². The van der Waals surface area contributed by atoms with Gasteiger partial charge in [0.25, 0.3) is 10.0 Å². The topological polar surface area (TPSA) is 106 Å². The molecule has 0 aromatic carbocycles. The number of anilines is 2. The van der Waals surface area contributed by atoms with Crippen LogP contribution in [0.3, 0.4) is 0 Å². The third-order valence-electron chi connectivity index (χ3n) is 4.51. The third-order valence-corrected chi connectivity index (χ3v) is 7.14. The summed E-state index contributed by atoms with van der Waals surface area (Å²) in [7, 11) is -1.94. The first-order valence-corrected chi connectivity index (χ1v) is 11.1. The summed E-state index contributed by atoms with van der Waals surface area (Å²) in [4.78, 5) is 18.4. The standard InChI is InChI=1S/C17H21N7O2S2/c1-11-8-18-17(27-11)22-15-7-13(20-12(2)21-15)14-5-4-6-24(14)28(25,26)16-9-23(3)10-19-16/h7-10,14H,4-6H2,1-3H3,(H,18,20,21,22)/t14-/m1/s1. The van der Waals surface area contributed by atoms with Crippen LogP contribution < -0.4 is 5.32 Å². The second-order valence-electron chi connectivity index (χ2n) is 6.78. The molecule has 0 amide bonds. The molecule has 1 atom stereocenters. The van der Waals surface area contributed by atoms with Gasteiger partial charge in [-0.3, -0.25) is 0 Å². The maximum atomic E-state index is 13.1. The number of sulfonamides is 1. The summed E-state index contributed by atoms with van der Waals surface area (Å²) >= 11 is 1.53. The largest absolute Gasteiger partial charge is 0.339 e. The maximum Gasteiger partial charge on any atom is 0.262 e. The fourth-order valence-electron chi connectivity index (χ4n) is 3.31. The van der Waals surface area contributed by atoms with E-state index in [1.54, 1.807) is 30.8 Å². The van der Waals surface area contributed by atoms with E-state index in [9.17, 15) is 8.42 Å². The van der Waals surface area contributed by atoms with Crippen molar-refractivity contribution >= 4 is 32.3 Å². The summed E-state index contributed by atoms with van der Waals surface area (Å²) in [6.07, 6.45) is 6.28. The van der Waals surface area contributed by atoms with Gasteiger partial charge >= 0.3 is 0 Å². The molecule has 0 aliphatic carbocycles. The first-order valence-electron chi connectivity index (χ1n) is 8.88. The van der Waals surface area contributed by atoms with Crippen LogP contribution in [0, 0.1) is 13.8 Å². The molecule has 0 bridgehead atoms. The SMILES string of the molecule is Cc1nc(Nc2ncc(C)s2)cc([C@H]2CCCN2S(=O)(=O)c2cn(C)cn2)n1. The lowest BCUT2D eigenvalue weighted by molar-refractivity contribution is 0.388. The smallest absolute Gasteiger partial charge is 0.262 e. The molecule has 0 unspecified atom stereocenters. The van der Waals surface area contributed by atoms with E-state index in [2.05, 4.69) is 25.3 Å². The normalized spacial score (nSPS) is 17.9. The molecule has 0 saturated carbocycles. The number of imidazole rings is 1. The number of hydrogen-bond donors (Lipinski definition) is 1. The lowest BCUT2D eigenvalue weighted by Crippen LogP contribution is -2.31. The van der Waals surface area contributed by atoms with Gasteiger partial charge < -0.3 is 9.88 Å². The number of nitrogens with zero attached hydrogens (tertiary/aromatic N) is 6. The zero-order valence-electron chi connectivity index (χ0n) is 15.8. The Morgan fingerprint density at radius 2 is 2.07 bits per heavy atom. The highest BCUT2D eigenvalue weighted by Crippen LogP contribution is 2.36. The molecular weight excluding hydrogens is 398 g/mol. The average molecular weight is 420 g/mol. The van der Waals surface area contributed by atoms with Crippen molar-refractivity contribution < 1.29 is 8.42 Å². The highest BCUT2D eigenvalue weighted by atomic mass is 32.2. The van der Waals surface area contributed by atoms with Crippen LogP contribution in [0.1, 0.15) is 35.3 Å². The molecule has 11 heteroatoms. The van der Waals surface area contributed by atoms with Gasteiger partial charge in [0.15, 0.2) is 10.2 Å². The Bertz CT molecular complexity index is 1110. The Morgan fingerprint density at radius 3 is 2.75 bits per heavy atom. The molecule has 0 radical (unpaired) electrons. The number of nitrogens with one attached hydrogen (secondary N) is 1. The number of aromatic nitrogens is 5. The summed E-state index contributed by atoms with van der Waals surface area (Å²) in [5, 5.41) is 3.99. The average Bonchev–Trinajstić information content (AvgIpc) is 3.35. The predicted molar refractivity (Wildman–Crippen MR) is 106 cm³/mol. The Kier molecular flexibility index (Phi) is 4.89. The number of aryl methyl sites for hydroxylation is 3. The van der Waals surface area contributed by atoms with E-state index in [-0.39, 0.29) is 11.1 Å². The van der Waals surface area contributed by atoms with Crippen molar-refractivity contribution in [2.45, 2.75) is 37.8 Å². The van der Waals surface area contributed by atoms with Gasteiger partial charge in [0, 0.05) is 36.9 Å². The molecule has 148 valence electrons. The van der Waals surface area contributed by atoms with Gasteiger partial charge in [-0.15, -0.1) is 11.3 Å². The van der Waals surface area contributed by atoms with E-state index in [4.69, 9.17) is 0 Å². The molecule has 9 nitrogen and oxygen atoms in total. The van der Waals surface area contributed by atoms with Crippen LogP contribution in [0.25, 0.3) is 0 Å². The van der Waals surface area contributed by atoms with Gasteiger partial charge in [-0.2, -0.15) is 4.31 Å². The Balaban J connectivity index is 1.65. The Hall–Kier alpha value is -2.37. The van der Waals surface area contributed by atoms with Crippen molar-refractivity contribution in [1.29, 1.82) is 0 Å². The summed E-state index contributed by atoms with van der Waals surface area (Å²) in [5.74, 6) is 1.19. The lowest BCUT2D eigenvalue weighted by Gasteiger charge is -2.23. The molecule has 4 rings (SSSR count). The molecular formula is C17H21N7O2S2. The Labute approximate surface area is 167 Å². The van der Waals surface area contributed by atoms with Gasteiger partial charge in [0.05, 0.1) is 18.1 Å². The molecule has 3 aromatic heterocycles. The molecule has 1 fully saturated rings. The molecule has 3 aromatic rings. The Morgan fingerprint density at radius 1 is 1.25 bits per heavy atom. The predicted octanol–water partition coefficient (Wildman–Crippen LogP) is 2.55. The zero-order valence-corrected chi connectivity index (χ0v) is 17.5. The maximum absolute atomic E-state index is 13.1. The van der Waals surface area contributed by atoms with Gasteiger partial charge in [0.1, 0.15) is 11.6 Å². The fraction of sp³-hybridized carbons (Fsp3) is 0.412. The second-order valence-corrected chi connectivity index (χ2v) is 9.85. The van der Waals surface area contributed by atoms with Crippen LogP contribution in [-0.4, -0.2) is 43.8 Å². The van der Waals surface area contributed by atoms with E-state index >= 15 is 0 Å². The van der Waals surface area contributed by atoms with Gasteiger partial charge in [0.2, 0.25) is 0 Å². The van der Waals surface area contributed by atoms with Crippen molar-refractivity contribution in [3.05, 3.63) is 41.2 Å². The minimum absolute atomic E-state index is 0.0595. The summed E-state index contributed by atoms with van der Waals surface area (Å²) in [6.45, 7) is 4.23. The molecule has 1 aliphatic heterocycles. The molecule has 4 heterocycles. The van der Waals surface area contributed by atoms with E-state index in [0.717, 1.165) is 16.4 Å². The third kappa shape index (κ3) is 3.64. The molecule has 1 saturated heterocycles. The van der Waals surface area contributed by atoms with E-state index in [1.165, 1.54) is 28.2 Å². The van der Waals surface area contributed by atoms with Crippen LogP contribution >= 0.6 is 11.3 Å². The van der Waals surface area contributed by atoms with Crippen LogP contribution in [0.5, 0.6) is 0 Å². The molecule has 0 spiro atoms. The van der Waals surface area contributed by atoms with E-state index in [0.29, 0.717) is 30.3 Å². The summed E-state index contributed by atoms with van der Waals surface area (Å²) < 4.78 is 29.3. The van der Waals surface area contributed by atoms with Crippen LogP contribution in [0.15, 0.2) is 29.8 Å². The van der Waals surface area contributed by atoms with Crippen molar-refractivity contribution in [2.75, 3.05) is 11.9 Å². The second kappa shape index (κ2) is 7.22. The van der Waals surface area contributed by atoms with Gasteiger partial charge in [-0.1, -0.05) is 0 Å². The molecule has 1 N–H and O–H groups in total. The van der Waals surface area contributed by atoms with Crippen molar-refractivity contribution in [1.82, 2.24) is 28.8 Å². The summed E-state index contributed by atoms with van der Waals surface area (Å²) in [5.41, 5.74) is 0.681. The monoisotopic (exact) mass is 419 g/mol. The number of hydrogen-bond acceptors (Lipinski definition) is 8. The quantitative estimate of drug-likeness (QED) is 0.677. The van der Waals surface area contributed by atoms with Crippen LogP contribution in [0.2, 0.25) is 0 Å². The van der Waals surface area contributed by atoms with Gasteiger partial charge in [-0.25, -0.2) is 28.4 Å².